The van der Waals surface area contributed by atoms with Crippen molar-refractivity contribution in [1.29, 1.82) is 0 Å². The predicted molar refractivity (Wildman–Crippen MR) is 119 cm³/mol. The lowest BCUT2D eigenvalue weighted by Gasteiger charge is -2.18. The average molecular weight is 426 g/mol. The molecule has 0 amide bonds. The highest BCUT2D eigenvalue weighted by Crippen LogP contribution is 2.41. The summed E-state index contributed by atoms with van der Waals surface area (Å²) in [5.74, 6) is 0.720. The van der Waals surface area contributed by atoms with Gasteiger partial charge in [-0.1, -0.05) is 49.9 Å². The summed E-state index contributed by atoms with van der Waals surface area (Å²) in [4.78, 5) is 5.58. The molecule has 3 aromatic rings. The fourth-order valence-electron chi connectivity index (χ4n) is 2.90. The molecular formula is C23H25N2O4S-. The van der Waals surface area contributed by atoms with Crippen LogP contribution in [0, 0.1) is 0 Å². The van der Waals surface area contributed by atoms with Crippen LogP contribution in [0.2, 0.25) is 0 Å². The van der Waals surface area contributed by atoms with E-state index in [1.165, 1.54) is 0 Å². The molecule has 1 aromatic heterocycles. The first-order valence-electron chi connectivity index (χ1n) is 9.06. The van der Waals surface area contributed by atoms with Crippen molar-refractivity contribution >= 4 is 15.8 Å². The third-order valence-corrected chi connectivity index (χ3v) is 5.02. The van der Waals surface area contributed by atoms with Crippen LogP contribution in [0.25, 0.3) is 11.1 Å². The minimum absolute atomic E-state index is 0. The molecule has 0 N–H and O–H groups in total. The molecule has 7 heteroatoms. The smallest absolute Gasteiger partial charge is 0.193 e. The van der Waals surface area contributed by atoms with Gasteiger partial charge in [-0.2, -0.15) is 0 Å². The molecule has 4 rings (SSSR count). The summed E-state index contributed by atoms with van der Waals surface area (Å²) in [7, 11) is -4.21. The third kappa shape index (κ3) is 6.43. The lowest BCUT2D eigenvalue weighted by molar-refractivity contribution is 0.438. The van der Waals surface area contributed by atoms with Crippen molar-refractivity contribution in [3.05, 3.63) is 91.6 Å². The molecule has 0 spiro atoms. The Morgan fingerprint density at radius 2 is 1.63 bits per heavy atom. The topological polar surface area (TPSA) is 82.6 Å². The summed E-state index contributed by atoms with van der Waals surface area (Å²) < 4.78 is 37.8. The van der Waals surface area contributed by atoms with Crippen LogP contribution >= 0.6 is 0 Å². The van der Waals surface area contributed by atoms with E-state index in [0.717, 1.165) is 16.8 Å². The van der Waals surface area contributed by atoms with Crippen LogP contribution in [0.3, 0.4) is 0 Å². The molecule has 2 heterocycles. The van der Waals surface area contributed by atoms with E-state index in [4.69, 9.17) is 4.74 Å². The van der Waals surface area contributed by atoms with Crippen molar-refractivity contribution in [2.45, 2.75) is 13.8 Å². The summed E-state index contributed by atoms with van der Waals surface area (Å²) in [5.41, 5.74) is 2.94. The lowest BCUT2D eigenvalue weighted by atomic mass is 10.0. The summed E-state index contributed by atoms with van der Waals surface area (Å²) in [6.07, 6.45) is 3.73. The SMILES string of the molecule is C.C=C1Oc2ccc(-c3ccccc3)cc2N1CCCS(=O)(=O)[O-].c1ccncc1. The second-order valence-electron chi connectivity index (χ2n) is 6.34. The molecule has 0 bridgehead atoms. The van der Waals surface area contributed by atoms with E-state index in [0.29, 0.717) is 18.2 Å². The van der Waals surface area contributed by atoms with Crippen LogP contribution in [0.15, 0.2) is 91.6 Å². The monoisotopic (exact) mass is 425 g/mol. The number of anilines is 1. The van der Waals surface area contributed by atoms with Crippen LogP contribution in [-0.2, 0) is 10.1 Å². The van der Waals surface area contributed by atoms with Crippen LogP contribution in [-0.4, -0.2) is 30.3 Å². The molecule has 0 saturated carbocycles. The molecule has 0 fully saturated rings. The highest BCUT2D eigenvalue weighted by molar-refractivity contribution is 7.85. The van der Waals surface area contributed by atoms with Gasteiger partial charge in [0.05, 0.1) is 15.8 Å². The number of fused-ring (bicyclic) bond motifs is 1. The molecule has 30 heavy (non-hydrogen) atoms. The first kappa shape index (κ1) is 23.1. The van der Waals surface area contributed by atoms with E-state index in [1.54, 1.807) is 17.3 Å². The fraction of sp³-hybridized carbons (Fsp3) is 0.174. The zero-order valence-electron chi connectivity index (χ0n) is 15.8. The molecule has 0 unspecified atom stereocenters. The van der Waals surface area contributed by atoms with Gasteiger partial charge in [0.1, 0.15) is 0 Å². The highest BCUT2D eigenvalue weighted by Gasteiger charge is 2.25. The number of hydrogen-bond donors (Lipinski definition) is 0. The average Bonchev–Trinajstić information content (AvgIpc) is 3.04. The first-order valence-corrected chi connectivity index (χ1v) is 10.6. The van der Waals surface area contributed by atoms with Gasteiger partial charge in [-0.25, -0.2) is 8.42 Å². The van der Waals surface area contributed by atoms with E-state index in [2.05, 4.69) is 11.6 Å². The van der Waals surface area contributed by atoms with Crippen molar-refractivity contribution in [3.63, 3.8) is 0 Å². The molecule has 6 nitrogen and oxygen atoms in total. The first-order chi connectivity index (χ1) is 13.9. The normalized spacial score (nSPS) is 12.2. The zero-order valence-corrected chi connectivity index (χ0v) is 16.6. The van der Waals surface area contributed by atoms with Crippen molar-refractivity contribution in [3.8, 4) is 16.9 Å². The summed E-state index contributed by atoms with van der Waals surface area (Å²) in [5, 5.41) is 0. The second-order valence-corrected chi connectivity index (χ2v) is 7.86. The summed E-state index contributed by atoms with van der Waals surface area (Å²) >= 11 is 0. The fourth-order valence-corrected chi connectivity index (χ4v) is 3.38. The van der Waals surface area contributed by atoms with Gasteiger partial charge in [-0.3, -0.25) is 4.98 Å². The Bertz CT molecular complexity index is 1030. The Morgan fingerprint density at radius 1 is 0.967 bits per heavy atom. The Labute approximate surface area is 178 Å². The quantitative estimate of drug-likeness (QED) is 0.552. The van der Waals surface area contributed by atoms with Gasteiger partial charge in [0.2, 0.25) is 0 Å². The Kier molecular flexibility index (Phi) is 8.15. The summed E-state index contributed by atoms with van der Waals surface area (Å²) in [6, 6.07) is 21.4. The molecule has 0 atom stereocenters. The molecule has 1 aliphatic heterocycles. The highest BCUT2D eigenvalue weighted by atomic mass is 32.2. The Hall–Kier alpha value is -3.16. The molecule has 158 valence electrons. The van der Waals surface area contributed by atoms with Crippen LogP contribution in [0.1, 0.15) is 13.8 Å². The van der Waals surface area contributed by atoms with Crippen LogP contribution < -0.4 is 9.64 Å². The van der Waals surface area contributed by atoms with Gasteiger partial charge in [0, 0.05) is 24.7 Å². The number of benzene rings is 2. The number of nitrogens with zero attached hydrogens (tertiary/aromatic N) is 2. The van der Waals surface area contributed by atoms with Gasteiger partial charge in [0.25, 0.3) is 0 Å². The van der Waals surface area contributed by atoms with Crippen molar-refractivity contribution in [2.75, 3.05) is 17.2 Å². The number of hydrogen-bond acceptors (Lipinski definition) is 6. The maximum Gasteiger partial charge on any atom is 0.193 e. The number of pyridine rings is 1. The molecular weight excluding hydrogens is 400 g/mol. The predicted octanol–water partition coefficient (Wildman–Crippen LogP) is 4.68. The molecule has 2 aromatic carbocycles. The van der Waals surface area contributed by atoms with Crippen molar-refractivity contribution in [2.24, 2.45) is 0 Å². The van der Waals surface area contributed by atoms with Crippen molar-refractivity contribution < 1.29 is 17.7 Å². The van der Waals surface area contributed by atoms with Gasteiger partial charge in [-0.05, 0) is 48.4 Å². The molecule has 0 radical (unpaired) electrons. The van der Waals surface area contributed by atoms with E-state index in [1.807, 2.05) is 66.7 Å². The van der Waals surface area contributed by atoms with Gasteiger partial charge >= 0.3 is 0 Å². The minimum atomic E-state index is -4.21. The molecule has 1 aliphatic rings. The lowest BCUT2D eigenvalue weighted by Crippen LogP contribution is -2.22. The van der Waals surface area contributed by atoms with E-state index >= 15 is 0 Å². The second kappa shape index (κ2) is 10.6. The maximum absolute atomic E-state index is 10.7. The van der Waals surface area contributed by atoms with Gasteiger partial charge < -0.3 is 14.2 Å². The standard InChI is InChI=1S/C17H17NO4S.C5H5N.CH4/c1-13-18(10-5-11-23(19,20)21)16-12-15(8-9-17(16)22-13)14-6-3-2-4-7-14;1-2-4-6-5-3-1;/h2-4,6-9,12H,1,5,10-11H2,(H,19,20,21);1-5H;1H4/p-1. The third-order valence-electron chi connectivity index (χ3n) is 4.23. The van der Waals surface area contributed by atoms with Crippen molar-refractivity contribution in [1.82, 2.24) is 4.98 Å². The number of ether oxygens (including phenoxy) is 1. The van der Waals surface area contributed by atoms with E-state index < -0.39 is 15.9 Å². The number of rotatable bonds is 5. The Morgan fingerprint density at radius 3 is 2.20 bits per heavy atom. The minimum Gasteiger partial charge on any atom is -0.748 e. The maximum atomic E-state index is 10.7. The zero-order chi connectivity index (χ0) is 20.7. The molecule has 0 aliphatic carbocycles. The van der Waals surface area contributed by atoms with Gasteiger partial charge in [-0.15, -0.1) is 0 Å². The van der Waals surface area contributed by atoms with E-state index in [9.17, 15) is 13.0 Å². The largest absolute Gasteiger partial charge is 0.748 e. The van der Waals surface area contributed by atoms with E-state index in [-0.39, 0.29) is 13.8 Å². The van der Waals surface area contributed by atoms with Gasteiger partial charge in [0.15, 0.2) is 11.6 Å². The van der Waals surface area contributed by atoms with Crippen LogP contribution in [0.5, 0.6) is 5.75 Å². The Balaban J connectivity index is 0.000000395. The summed E-state index contributed by atoms with van der Waals surface area (Å²) in [6.45, 7) is 4.21. The molecule has 0 saturated heterocycles. The van der Waals surface area contributed by atoms with Crippen LogP contribution in [0.4, 0.5) is 5.69 Å². The number of aromatic nitrogens is 1.